The molecule has 29 heavy (non-hydrogen) atoms. The Morgan fingerprint density at radius 1 is 1.17 bits per heavy atom. The molecule has 0 saturated heterocycles. The lowest BCUT2D eigenvalue weighted by atomic mass is 10.1. The van der Waals surface area contributed by atoms with Crippen LogP contribution in [0.5, 0.6) is 11.5 Å². The van der Waals surface area contributed by atoms with Crippen molar-refractivity contribution in [2.24, 2.45) is 0 Å². The summed E-state index contributed by atoms with van der Waals surface area (Å²) in [6.45, 7) is 6.38. The molecule has 152 valence electrons. The molecule has 0 spiro atoms. The molecule has 0 radical (unpaired) electrons. The van der Waals surface area contributed by atoms with Gasteiger partial charge in [0.2, 0.25) is 0 Å². The van der Waals surface area contributed by atoms with Gasteiger partial charge >= 0.3 is 0 Å². The lowest BCUT2D eigenvalue weighted by molar-refractivity contribution is -0.117. The van der Waals surface area contributed by atoms with Gasteiger partial charge in [0, 0.05) is 6.04 Å². The van der Waals surface area contributed by atoms with E-state index in [0.29, 0.717) is 23.7 Å². The molecule has 0 aliphatic heterocycles. The van der Waals surface area contributed by atoms with E-state index in [1.54, 1.807) is 30.3 Å². The second-order valence-corrected chi connectivity index (χ2v) is 6.51. The third-order valence-corrected chi connectivity index (χ3v) is 4.24. The van der Waals surface area contributed by atoms with Crippen LogP contribution in [0, 0.1) is 17.1 Å². The van der Waals surface area contributed by atoms with E-state index >= 15 is 0 Å². The zero-order chi connectivity index (χ0) is 21.2. The van der Waals surface area contributed by atoms with E-state index in [4.69, 9.17) is 9.47 Å². The fourth-order valence-corrected chi connectivity index (χ4v) is 2.46. The number of nitriles is 1. The summed E-state index contributed by atoms with van der Waals surface area (Å²) in [5.41, 5.74) is 1.50. The van der Waals surface area contributed by atoms with Gasteiger partial charge in [-0.3, -0.25) is 4.79 Å². The molecule has 0 aliphatic rings. The molecule has 0 heterocycles. The number of hydrogen-bond acceptors (Lipinski definition) is 4. The van der Waals surface area contributed by atoms with Crippen LogP contribution in [0.25, 0.3) is 6.08 Å². The predicted molar refractivity (Wildman–Crippen MR) is 110 cm³/mol. The molecular formula is C23H25FN2O3. The molecule has 0 aromatic heterocycles. The van der Waals surface area contributed by atoms with E-state index in [-0.39, 0.29) is 24.0 Å². The summed E-state index contributed by atoms with van der Waals surface area (Å²) >= 11 is 0. The highest BCUT2D eigenvalue weighted by Crippen LogP contribution is 2.30. The molecule has 2 aromatic carbocycles. The third kappa shape index (κ3) is 6.65. The highest BCUT2D eigenvalue weighted by molar-refractivity contribution is 6.01. The lowest BCUT2D eigenvalue weighted by Crippen LogP contribution is -2.32. The Bertz CT molecular complexity index is 901. The standard InChI is InChI=1S/C23H25FN2O3/c1-4-16(3)26-23(27)19(14-25)12-18-8-11-21(22(13-18)28-5-2)29-15-17-6-9-20(24)10-7-17/h6-13,16H,4-5,15H2,1-3H3,(H,26,27)/b19-12+/t16-/m0/s1. The zero-order valence-electron chi connectivity index (χ0n) is 16.9. The van der Waals surface area contributed by atoms with Crippen molar-refractivity contribution in [2.45, 2.75) is 39.8 Å². The monoisotopic (exact) mass is 396 g/mol. The first-order valence-electron chi connectivity index (χ1n) is 9.53. The highest BCUT2D eigenvalue weighted by atomic mass is 19.1. The van der Waals surface area contributed by atoms with Gasteiger partial charge in [-0.2, -0.15) is 5.26 Å². The van der Waals surface area contributed by atoms with Crippen LogP contribution in [-0.4, -0.2) is 18.6 Å². The van der Waals surface area contributed by atoms with Gasteiger partial charge in [-0.15, -0.1) is 0 Å². The molecule has 0 saturated carbocycles. The SMILES string of the molecule is CCOc1cc(/C=C(\C#N)C(=O)N[C@@H](C)CC)ccc1OCc1ccc(F)cc1. The van der Waals surface area contributed by atoms with Gasteiger partial charge in [0.15, 0.2) is 11.5 Å². The fourth-order valence-electron chi connectivity index (χ4n) is 2.46. The summed E-state index contributed by atoms with van der Waals surface area (Å²) in [5, 5.41) is 12.1. The number of hydrogen-bond donors (Lipinski definition) is 1. The maximum atomic E-state index is 13.0. The van der Waals surface area contributed by atoms with Crippen LogP contribution in [0.3, 0.4) is 0 Å². The number of amides is 1. The molecule has 0 fully saturated rings. The van der Waals surface area contributed by atoms with Crippen LogP contribution in [0.15, 0.2) is 48.0 Å². The number of carbonyl (C=O) groups excluding carboxylic acids is 1. The van der Waals surface area contributed by atoms with Gasteiger partial charge in [-0.25, -0.2) is 4.39 Å². The van der Waals surface area contributed by atoms with Crippen LogP contribution in [-0.2, 0) is 11.4 Å². The highest BCUT2D eigenvalue weighted by Gasteiger charge is 2.13. The Labute approximate surface area is 170 Å². The van der Waals surface area contributed by atoms with E-state index in [0.717, 1.165) is 12.0 Å². The van der Waals surface area contributed by atoms with Gasteiger partial charge in [-0.1, -0.05) is 25.1 Å². The molecule has 0 bridgehead atoms. The summed E-state index contributed by atoms with van der Waals surface area (Å²) in [6.07, 6.45) is 2.29. The molecule has 1 atom stereocenters. The summed E-state index contributed by atoms with van der Waals surface area (Å²) in [5.74, 6) is 0.320. The van der Waals surface area contributed by atoms with Gasteiger partial charge in [0.05, 0.1) is 6.61 Å². The number of halogens is 1. The first-order chi connectivity index (χ1) is 14.0. The van der Waals surface area contributed by atoms with E-state index in [2.05, 4.69) is 5.32 Å². The molecule has 6 heteroatoms. The average Bonchev–Trinajstić information content (AvgIpc) is 2.72. The number of benzene rings is 2. The maximum Gasteiger partial charge on any atom is 0.262 e. The zero-order valence-corrected chi connectivity index (χ0v) is 16.9. The largest absolute Gasteiger partial charge is 0.490 e. The summed E-state index contributed by atoms with van der Waals surface area (Å²) < 4.78 is 24.5. The summed E-state index contributed by atoms with van der Waals surface area (Å²) in [4.78, 5) is 12.2. The van der Waals surface area contributed by atoms with Gasteiger partial charge < -0.3 is 14.8 Å². The normalized spacial score (nSPS) is 12.0. The number of nitrogens with one attached hydrogen (secondary N) is 1. The van der Waals surface area contributed by atoms with Crippen LogP contribution in [0.2, 0.25) is 0 Å². The molecule has 2 aromatic rings. The first-order valence-corrected chi connectivity index (χ1v) is 9.53. The van der Waals surface area contributed by atoms with Crippen molar-refractivity contribution < 1.29 is 18.7 Å². The number of ether oxygens (including phenoxy) is 2. The molecule has 0 aliphatic carbocycles. The third-order valence-electron chi connectivity index (χ3n) is 4.24. The Balaban J connectivity index is 2.19. The average molecular weight is 396 g/mol. The summed E-state index contributed by atoms with van der Waals surface area (Å²) in [7, 11) is 0. The molecule has 5 nitrogen and oxygen atoms in total. The lowest BCUT2D eigenvalue weighted by Gasteiger charge is -2.13. The van der Waals surface area contributed by atoms with Gasteiger partial charge in [0.1, 0.15) is 24.1 Å². The first kappa shape index (κ1) is 22.0. The van der Waals surface area contributed by atoms with E-state index < -0.39 is 5.91 Å². The number of nitrogens with zero attached hydrogens (tertiary/aromatic N) is 1. The Morgan fingerprint density at radius 3 is 2.52 bits per heavy atom. The van der Waals surface area contributed by atoms with Crippen molar-refractivity contribution >= 4 is 12.0 Å². The van der Waals surface area contributed by atoms with Crippen molar-refractivity contribution in [3.05, 3.63) is 65.0 Å². The second kappa shape index (κ2) is 10.9. The van der Waals surface area contributed by atoms with Gasteiger partial charge in [-0.05, 0) is 61.7 Å². The smallest absolute Gasteiger partial charge is 0.262 e. The fraction of sp³-hybridized carbons (Fsp3) is 0.304. The maximum absolute atomic E-state index is 13.0. The topological polar surface area (TPSA) is 71.3 Å². The van der Waals surface area contributed by atoms with Crippen molar-refractivity contribution in [1.29, 1.82) is 5.26 Å². The number of rotatable bonds is 9. The molecule has 0 unspecified atom stereocenters. The number of carbonyl (C=O) groups is 1. The van der Waals surface area contributed by atoms with Crippen molar-refractivity contribution in [3.8, 4) is 17.6 Å². The van der Waals surface area contributed by atoms with Crippen LogP contribution in [0.4, 0.5) is 4.39 Å². The predicted octanol–water partition coefficient (Wildman–Crippen LogP) is 4.63. The molecule has 1 amide bonds. The Kier molecular flexibility index (Phi) is 8.23. The van der Waals surface area contributed by atoms with Crippen molar-refractivity contribution in [3.63, 3.8) is 0 Å². The van der Waals surface area contributed by atoms with Gasteiger partial charge in [0.25, 0.3) is 5.91 Å². The van der Waals surface area contributed by atoms with Crippen LogP contribution < -0.4 is 14.8 Å². The minimum atomic E-state index is -0.406. The van der Waals surface area contributed by atoms with Crippen LogP contribution in [0.1, 0.15) is 38.3 Å². The quantitative estimate of drug-likeness (QED) is 0.496. The minimum Gasteiger partial charge on any atom is -0.490 e. The van der Waals surface area contributed by atoms with E-state index in [9.17, 15) is 14.4 Å². The van der Waals surface area contributed by atoms with E-state index in [1.807, 2.05) is 26.8 Å². The second-order valence-electron chi connectivity index (χ2n) is 6.51. The molecule has 1 N–H and O–H groups in total. The minimum absolute atomic E-state index is 0.0135. The van der Waals surface area contributed by atoms with Crippen molar-refractivity contribution in [1.82, 2.24) is 5.32 Å². The van der Waals surface area contributed by atoms with E-state index in [1.165, 1.54) is 18.2 Å². The Hall–Kier alpha value is -3.33. The Morgan fingerprint density at radius 2 is 1.90 bits per heavy atom. The molecular weight excluding hydrogens is 371 g/mol. The van der Waals surface area contributed by atoms with Crippen LogP contribution >= 0.6 is 0 Å². The summed E-state index contributed by atoms with van der Waals surface area (Å²) in [6, 6.07) is 13.2. The molecule has 2 rings (SSSR count). The van der Waals surface area contributed by atoms with Crippen molar-refractivity contribution in [2.75, 3.05) is 6.61 Å².